The van der Waals surface area contributed by atoms with Crippen LogP contribution in [0.1, 0.15) is 37.8 Å². The van der Waals surface area contributed by atoms with E-state index in [-0.39, 0.29) is 12.6 Å². The van der Waals surface area contributed by atoms with Crippen molar-refractivity contribution >= 4 is 5.96 Å². The predicted octanol–water partition coefficient (Wildman–Crippen LogP) is 3.14. The van der Waals surface area contributed by atoms with Crippen molar-refractivity contribution in [1.29, 1.82) is 0 Å². The van der Waals surface area contributed by atoms with Crippen LogP contribution in [0, 0.1) is 17.7 Å². The van der Waals surface area contributed by atoms with Gasteiger partial charge in [0.25, 0.3) is 0 Å². The van der Waals surface area contributed by atoms with Crippen LogP contribution in [0.25, 0.3) is 0 Å². The van der Waals surface area contributed by atoms with E-state index in [1.807, 2.05) is 0 Å². The number of rotatable bonds is 4. The summed E-state index contributed by atoms with van der Waals surface area (Å²) >= 11 is 0. The Hall–Kier alpha value is -1.82. The zero-order chi connectivity index (χ0) is 17.8. The summed E-state index contributed by atoms with van der Waals surface area (Å²) in [6, 6.07) is 3.00. The maximum atomic E-state index is 13.9. The van der Waals surface area contributed by atoms with E-state index in [9.17, 15) is 4.39 Å². The Kier molecular flexibility index (Phi) is 5.78. The van der Waals surface area contributed by atoms with E-state index in [0.717, 1.165) is 47.8 Å². The molecule has 1 atom stereocenters. The summed E-state index contributed by atoms with van der Waals surface area (Å²) in [5, 5.41) is 3.37. The van der Waals surface area contributed by atoms with E-state index >= 15 is 0 Å². The quantitative estimate of drug-likeness (QED) is 0.670. The van der Waals surface area contributed by atoms with E-state index in [2.05, 4.69) is 29.1 Å². The van der Waals surface area contributed by atoms with E-state index in [4.69, 9.17) is 9.47 Å². The number of benzene rings is 1. The highest BCUT2D eigenvalue weighted by Gasteiger charge is 2.25. The molecule has 0 spiro atoms. The van der Waals surface area contributed by atoms with Gasteiger partial charge in [-0.25, -0.2) is 4.39 Å². The Morgan fingerprint density at radius 1 is 1.44 bits per heavy atom. The zero-order valence-electron chi connectivity index (χ0n) is 15.3. The van der Waals surface area contributed by atoms with E-state index < -0.39 is 0 Å². The van der Waals surface area contributed by atoms with Crippen LogP contribution in [-0.2, 0) is 17.9 Å². The minimum absolute atomic E-state index is 0.212. The third kappa shape index (κ3) is 4.42. The Morgan fingerprint density at radius 2 is 2.28 bits per heavy atom. The molecule has 0 amide bonds. The van der Waals surface area contributed by atoms with Crippen molar-refractivity contribution in [1.82, 2.24) is 10.2 Å². The van der Waals surface area contributed by atoms with Crippen LogP contribution < -0.4 is 10.1 Å². The molecule has 6 heteroatoms. The van der Waals surface area contributed by atoms with E-state index in [1.165, 1.54) is 25.0 Å². The summed E-state index contributed by atoms with van der Waals surface area (Å²) in [5.41, 5.74) is 1.56. The van der Waals surface area contributed by atoms with Crippen molar-refractivity contribution in [3.63, 3.8) is 0 Å². The highest BCUT2D eigenvalue weighted by atomic mass is 19.1. The van der Waals surface area contributed by atoms with Gasteiger partial charge in [0.05, 0.1) is 6.61 Å². The van der Waals surface area contributed by atoms with Crippen molar-refractivity contribution in [2.75, 3.05) is 26.9 Å². The lowest BCUT2D eigenvalue weighted by Crippen LogP contribution is -2.39. The second kappa shape index (κ2) is 8.04. The monoisotopic (exact) mass is 349 g/mol. The molecule has 1 aromatic rings. The van der Waals surface area contributed by atoms with Crippen LogP contribution in [0.15, 0.2) is 17.1 Å². The number of nitrogens with one attached hydrogen (secondary N) is 1. The smallest absolute Gasteiger partial charge is 0.193 e. The molecule has 0 bridgehead atoms. The molecule has 2 heterocycles. The lowest BCUT2D eigenvalue weighted by Gasteiger charge is -2.24. The zero-order valence-corrected chi connectivity index (χ0v) is 15.3. The summed E-state index contributed by atoms with van der Waals surface area (Å²) < 4.78 is 24.7. The average molecular weight is 349 g/mol. The molecule has 25 heavy (non-hydrogen) atoms. The first kappa shape index (κ1) is 18.0. The van der Waals surface area contributed by atoms with Gasteiger partial charge >= 0.3 is 0 Å². The number of ether oxygens (including phenoxy) is 2. The molecule has 0 aliphatic carbocycles. The van der Waals surface area contributed by atoms with Gasteiger partial charge < -0.3 is 19.7 Å². The average Bonchev–Trinajstić information content (AvgIpc) is 3.02. The van der Waals surface area contributed by atoms with Crippen LogP contribution in [0.4, 0.5) is 4.39 Å². The number of nitrogens with zero attached hydrogens (tertiary/aromatic N) is 2. The maximum absolute atomic E-state index is 13.9. The molecule has 1 fully saturated rings. The van der Waals surface area contributed by atoms with E-state index in [1.54, 1.807) is 7.05 Å². The van der Waals surface area contributed by atoms with E-state index in [0.29, 0.717) is 13.2 Å². The summed E-state index contributed by atoms with van der Waals surface area (Å²) in [6.07, 6.45) is 2.45. The van der Waals surface area contributed by atoms with Gasteiger partial charge in [-0.2, -0.15) is 0 Å². The molecule has 0 saturated carbocycles. The third-order valence-electron chi connectivity index (χ3n) is 4.79. The Balaban J connectivity index is 1.64. The van der Waals surface area contributed by atoms with Crippen molar-refractivity contribution in [2.24, 2.45) is 16.8 Å². The first-order chi connectivity index (χ1) is 12.1. The maximum Gasteiger partial charge on any atom is 0.193 e. The largest absolute Gasteiger partial charge is 0.467 e. The van der Waals surface area contributed by atoms with Crippen molar-refractivity contribution in [3.8, 4) is 5.75 Å². The van der Waals surface area contributed by atoms with Crippen LogP contribution in [0.2, 0.25) is 0 Å². The number of fused-ring (bicyclic) bond motifs is 1. The molecule has 1 saturated heterocycles. The molecule has 0 radical (unpaired) electrons. The van der Waals surface area contributed by atoms with Crippen molar-refractivity contribution in [3.05, 3.63) is 29.1 Å². The fourth-order valence-electron chi connectivity index (χ4n) is 3.78. The summed E-state index contributed by atoms with van der Waals surface area (Å²) in [5.74, 6) is 2.78. The molecule has 2 aliphatic rings. The number of hydrogen-bond acceptors (Lipinski definition) is 3. The summed E-state index contributed by atoms with van der Waals surface area (Å²) in [4.78, 5) is 6.70. The minimum Gasteiger partial charge on any atom is -0.467 e. The molecule has 1 N–H and O–H groups in total. The topological polar surface area (TPSA) is 46.1 Å². The molecule has 1 unspecified atom stereocenters. The van der Waals surface area contributed by atoms with Gasteiger partial charge in [-0.1, -0.05) is 13.8 Å². The molecular weight excluding hydrogens is 321 g/mol. The van der Waals surface area contributed by atoms with Gasteiger partial charge in [-0.3, -0.25) is 4.99 Å². The molecule has 1 aromatic carbocycles. The summed E-state index contributed by atoms with van der Waals surface area (Å²) in [6.45, 7) is 7.67. The van der Waals surface area contributed by atoms with Gasteiger partial charge in [0, 0.05) is 37.8 Å². The van der Waals surface area contributed by atoms with Crippen LogP contribution in [0.3, 0.4) is 0 Å². The van der Waals surface area contributed by atoms with Crippen LogP contribution >= 0.6 is 0 Å². The summed E-state index contributed by atoms with van der Waals surface area (Å²) in [7, 11) is 1.80. The highest BCUT2D eigenvalue weighted by Crippen LogP contribution is 2.29. The van der Waals surface area contributed by atoms with Crippen molar-refractivity contribution < 1.29 is 13.9 Å². The second-order valence-electron chi connectivity index (χ2n) is 7.29. The number of likely N-dealkylation sites (tertiary alicyclic amines) is 1. The normalized spacial score (nSPS) is 20.6. The SMILES string of the molecule is CN=C(NCc1cc(F)cc2c1OCOC2)N1CCC(CC(C)C)C1. The van der Waals surface area contributed by atoms with Gasteiger partial charge in [-0.05, 0) is 36.8 Å². The Bertz CT molecular complexity index is 633. The minimum atomic E-state index is -0.266. The Labute approximate surface area is 149 Å². The first-order valence-corrected chi connectivity index (χ1v) is 9.04. The highest BCUT2D eigenvalue weighted by molar-refractivity contribution is 5.80. The number of hydrogen-bond donors (Lipinski definition) is 1. The molecule has 5 nitrogen and oxygen atoms in total. The fraction of sp³-hybridized carbons (Fsp3) is 0.632. The third-order valence-corrected chi connectivity index (χ3v) is 4.79. The molecular formula is C19H28FN3O2. The second-order valence-corrected chi connectivity index (χ2v) is 7.29. The molecule has 2 aliphatic heterocycles. The number of halogens is 1. The van der Waals surface area contributed by atoms with Gasteiger partial charge in [0.2, 0.25) is 0 Å². The number of guanidine groups is 1. The van der Waals surface area contributed by atoms with Crippen molar-refractivity contribution in [2.45, 2.75) is 39.8 Å². The van der Waals surface area contributed by atoms with Gasteiger partial charge in [-0.15, -0.1) is 0 Å². The predicted molar refractivity (Wildman–Crippen MR) is 96.0 cm³/mol. The van der Waals surface area contributed by atoms with Crippen LogP contribution in [-0.4, -0.2) is 37.8 Å². The van der Waals surface area contributed by atoms with Crippen LogP contribution in [0.5, 0.6) is 5.75 Å². The van der Waals surface area contributed by atoms with Gasteiger partial charge in [0.15, 0.2) is 12.8 Å². The lowest BCUT2D eigenvalue weighted by molar-refractivity contribution is -0.0173. The molecule has 3 rings (SSSR count). The Morgan fingerprint density at radius 3 is 3.04 bits per heavy atom. The van der Waals surface area contributed by atoms with Gasteiger partial charge in [0.1, 0.15) is 11.6 Å². The lowest BCUT2D eigenvalue weighted by atomic mass is 9.97. The number of aliphatic imine (C=N–C) groups is 1. The molecule has 138 valence electrons. The first-order valence-electron chi connectivity index (χ1n) is 9.04. The standard InChI is InChI=1S/C19H28FN3O2/c1-13(2)6-14-4-5-23(10-14)19(21-3)22-9-15-7-17(20)8-16-11-24-12-25-18(15)16/h7-8,13-14H,4-6,9-12H2,1-3H3,(H,21,22). The molecule has 0 aromatic heterocycles. The fourth-order valence-corrected chi connectivity index (χ4v) is 3.78.